The molecule has 2 N–H and O–H groups in total. The number of hydrogen-bond donors (Lipinski definition) is 2. The molecule has 0 heterocycles. The molecule has 0 aliphatic carbocycles. The zero-order chi connectivity index (χ0) is 15.3. The van der Waals surface area contributed by atoms with E-state index in [1.54, 1.807) is 13.8 Å². The molecule has 0 amide bonds. The van der Waals surface area contributed by atoms with Gasteiger partial charge in [0.2, 0.25) is 0 Å². The highest BCUT2D eigenvalue weighted by molar-refractivity contribution is 5.91. The molecule has 1 aromatic rings. The maximum Gasteiger partial charge on any atom is 0.337 e. The van der Waals surface area contributed by atoms with Crippen LogP contribution in [0.4, 0.5) is 11.4 Å². The molecule has 0 saturated carbocycles. The van der Waals surface area contributed by atoms with Crippen LogP contribution in [0.5, 0.6) is 0 Å². The molecule has 2 atom stereocenters. The van der Waals surface area contributed by atoms with Gasteiger partial charge in [-0.05, 0) is 32.4 Å². The lowest BCUT2D eigenvalue weighted by Crippen LogP contribution is -2.21. The molecular formula is C13H18N2O5. The molecule has 0 bridgehead atoms. The Hall–Kier alpha value is -2.15. The van der Waals surface area contributed by atoms with E-state index < -0.39 is 17.0 Å². The normalized spacial score (nSPS) is 13.4. The van der Waals surface area contributed by atoms with Crippen molar-refractivity contribution in [1.29, 1.82) is 0 Å². The average Bonchev–Trinajstić information content (AvgIpc) is 2.36. The van der Waals surface area contributed by atoms with Crippen LogP contribution in [0.2, 0.25) is 0 Å². The summed E-state index contributed by atoms with van der Waals surface area (Å²) in [5.41, 5.74) is 0.325. The van der Waals surface area contributed by atoms with Crippen LogP contribution in [0.15, 0.2) is 18.2 Å². The fourth-order valence-corrected chi connectivity index (χ4v) is 1.89. The first-order valence-electron chi connectivity index (χ1n) is 6.16. The van der Waals surface area contributed by atoms with Gasteiger partial charge < -0.3 is 15.2 Å². The molecule has 2 unspecified atom stereocenters. The number of carbonyl (C=O) groups is 1. The van der Waals surface area contributed by atoms with Gasteiger partial charge in [0.05, 0.1) is 23.7 Å². The Morgan fingerprint density at radius 3 is 2.65 bits per heavy atom. The predicted molar refractivity (Wildman–Crippen MR) is 73.8 cm³/mol. The summed E-state index contributed by atoms with van der Waals surface area (Å²) in [5, 5.41) is 23.2. The largest absolute Gasteiger partial charge is 0.465 e. The van der Waals surface area contributed by atoms with Gasteiger partial charge in [0.15, 0.2) is 0 Å². The maximum atomic E-state index is 11.5. The molecule has 0 aliphatic rings. The van der Waals surface area contributed by atoms with E-state index in [0.717, 1.165) is 0 Å². The molecule has 0 radical (unpaired) electrons. The second kappa shape index (κ2) is 6.85. The molecule has 0 fully saturated rings. The fourth-order valence-electron chi connectivity index (χ4n) is 1.89. The molecule has 7 heteroatoms. The lowest BCUT2D eigenvalue weighted by Gasteiger charge is -2.17. The van der Waals surface area contributed by atoms with Crippen LogP contribution in [0.1, 0.15) is 30.6 Å². The number of aliphatic hydroxyl groups is 1. The van der Waals surface area contributed by atoms with Crippen LogP contribution in [0.25, 0.3) is 0 Å². The van der Waals surface area contributed by atoms with Crippen LogP contribution >= 0.6 is 0 Å². The van der Waals surface area contributed by atoms with Crippen molar-refractivity contribution in [1.82, 2.24) is 0 Å². The number of rotatable bonds is 6. The first-order chi connectivity index (χ1) is 9.35. The smallest absolute Gasteiger partial charge is 0.337 e. The Kier molecular flexibility index (Phi) is 5.45. The summed E-state index contributed by atoms with van der Waals surface area (Å²) in [6.45, 7) is 3.43. The van der Waals surface area contributed by atoms with Crippen molar-refractivity contribution in [2.75, 3.05) is 12.4 Å². The SMILES string of the molecule is COC(=O)c1ccc([N+](=O)[O-])c(NC(C)CC(C)O)c1. The molecule has 7 nitrogen and oxygen atoms in total. The third kappa shape index (κ3) is 4.20. The number of nitro benzene ring substituents is 1. The fraction of sp³-hybridized carbons (Fsp3) is 0.462. The molecule has 1 aromatic carbocycles. The van der Waals surface area contributed by atoms with Crippen molar-refractivity contribution < 1.29 is 19.6 Å². The summed E-state index contributed by atoms with van der Waals surface area (Å²) in [6.07, 6.45) is -0.0973. The molecule has 0 aliphatic heterocycles. The van der Waals surface area contributed by atoms with Crippen LogP contribution < -0.4 is 5.32 Å². The van der Waals surface area contributed by atoms with E-state index in [2.05, 4.69) is 10.1 Å². The van der Waals surface area contributed by atoms with Gasteiger partial charge >= 0.3 is 5.97 Å². The Bertz CT molecular complexity index is 502. The number of carbonyl (C=O) groups excluding carboxylic acids is 1. The van der Waals surface area contributed by atoms with Crippen molar-refractivity contribution in [2.45, 2.75) is 32.4 Å². The van der Waals surface area contributed by atoms with E-state index in [0.29, 0.717) is 6.42 Å². The van der Waals surface area contributed by atoms with Crippen LogP contribution in [0.3, 0.4) is 0 Å². The van der Waals surface area contributed by atoms with Crippen molar-refractivity contribution in [3.05, 3.63) is 33.9 Å². The molecular weight excluding hydrogens is 264 g/mol. The predicted octanol–water partition coefficient (Wildman–Crippen LogP) is 1.95. The van der Waals surface area contributed by atoms with Crippen molar-refractivity contribution in [3.63, 3.8) is 0 Å². The highest BCUT2D eigenvalue weighted by atomic mass is 16.6. The van der Waals surface area contributed by atoms with Gasteiger partial charge in [0.1, 0.15) is 5.69 Å². The number of methoxy groups -OCH3 is 1. The summed E-state index contributed by atoms with van der Waals surface area (Å²) in [7, 11) is 1.24. The Balaban J connectivity index is 3.06. The third-order valence-corrected chi connectivity index (χ3v) is 2.71. The zero-order valence-corrected chi connectivity index (χ0v) is 11.6. The second-order valence-corrected chi connectivity index (χ2v) is 4.61. The summed E-state index contributed by atoms with van der Waals surface area (Å²) in [4.78, 5) is 21.9. The minimum Gasteiger partial charge on any atom is -0.465 e. The molecule has 110 valence electrons. The van der Waals surface area contributed by atoms with Crippen LogP contribution in [0, 0.1) is 10.1 Å². The van der Waals surface area contributed by atoms with Crippen LogP contribution in [-0.4, -0.2) is 35.3 Å². The lowest BCUT2D eigenvalue weighted by molar-refractivity contribution is -0.384. The third-order valence-electron chi connectivity index (χ3n) is 2.71. The van der Waals surface area contributed by atoms with Gasteiger partial charge in [-0.2, -0.15) is 0 Å². The zero-order valence-electron chi connectivity index (χ0n) is 11.6. The number of ether oxygens (including phenoxy) is 1. The summed E-state index contributed by atoms with van der Waals surface area (Å²) in [5.74, 6) is -0.564. The van der Waals surface area contributed by atoms with E-state index in [1.165, 1.54) is 25.3 Å². The van der Waals surface area contributed by atoms with E-state index >= 15 is 0 Å². The maximum absolute atomic E-state index is 11.5. The monoisotopic (exact) mass is 282 g/mol. The van der Waals surface area contributed by atoms with Crippen LogP contribution in [-0.2, 0) is 4.74 Å². The number of nitrogens with one attached hydrogen (secondary N) is 1. The van der Waals surface area contributed by atoms with E-state index in [-0.39, 0.29) is 23.0 Å². The first kappa shape index (κ1) is 15.9. The Morgan fingerprint density at radius 1 is 1.50 bits per heavy atom. The van der Waals surface area contributed by atoms with E-state index in [4.69, 9.17) is 0 Å². The quantitative estimate of drug-likeness (QED) is 0.470. The van der Waals surface area contributed by atoms with Crippen molar-refractivity contribution >= 4 is 17.3 Å². The topological polar surface area (TPSA) is 102 Å². The number of aliphatic hydroxyl groups excluding tert-OH is 1. The average molecular weight is 282 g/mol. The Labute approximate surface area is 116 Å². The lowest BCUT2D eigenvalue weighted by atomic mass is 10.1. The van der Waals surface area contributed by atoms with E-state index in [9.17, 15) is 20.0 Å². The molecule has 0 aromatic heterocycles. The molecule has 20 heavy (non-hydrogen) atoms. The van der Waals surface area contributed by atoms with Gasteiger partial charge in [-0.15, -0.1) is 0 Å². The minimum atomic E-state index is -0.564. The number of benzene rings is 1. The first-order valence-corrected chi connectivity index (χ1v) is 6.16. The van der Waals surface area contributed by atoms with Gasteiger partial charge in [-0.3, -0.25) is 10.1 Å². The highest BCUT2D eigenvalue weighted by Crippen LogP contribution is 2.27. The van der Waals surface area contributed by atoms with Gasteiger partial charge in [0.25, 0.3) is 5.69 Å². The van der Waals surface area contributed by atoms with E-state index in [1.807, 2.05) is 0 Å². The molecule has 1 rings (SSSR count). The molecule has 0 saturated heterocycles. The number of esters is 1. The number of hydrogen-bond acceptors (Lipinski definition) is 6. The summed E-state index contributed by atoms with van der Waals surface area (Å²) in [6, 6.07) is 3.79. The summed E-state index contributed by atoms with van der Waals surface area (Å²) >= 11 is 0. The number of nitro groups is 1. The van der Waals surface area contributed by atoms with Gasteiger partial charge in [0, 0.05) is 12.1 Å². The number of anilines is 1. The number of nitrogens with zero attached hydrogens (tertiary/aromatic N) is 1. The second-order valence-electron chi connectivity index (χ2n) is 4.61. The van der Waals surface area contributed by atoms with Gasteiger partial charge in [-0.1, -0.05) is 0 Å². The van der Waals surface area contributed by atoms with Gasteiger partial charge in [-0.25, -0.2) is 4.79 Å². The van der Waals surface area contributed by atoms with Crippen molar-refractivity contribution in [3.8, 4) is 0 Å². The minimum absolute atomic E-state index is 0.130. The highest BCUT2D eigenvalue weighted by Gasteiger charge is 2.19. The van der Waals surface area contributed by atoms with Crippen molar-refractivity contribution in [2.24, 2.45) is 0 Å². The Morgan fingerprint density at radius 2 is 2.15 bits per heavy atom. The molecule has 0 spiro atoms. The summed E-state index contributed by atoms with van der Waals surface area (Å²) < 4.78 is 4.58. The standard InChI is InChI=1S/C13H18N2O5/c1-8(6-9(2)16)14-11-7-10(13(17)20-3)4-5-12(11)15(18)19/h4-5,7-9,14,16H,6H2,1-3H3.